The predicted octanol–water partition coefficient (Wildman–Crippen LogP) is 5.17. The van der Waals surface area contributed by atoms with Crippen LogP contribution in [0.1, 0.15) is 34.8 Å². The highest BCUT2D eigenvalue weighted by Gasteiger charge is 2.38. The standard InChI is InChI=1S/C25H19FN6O.C2HF3O2/c1-17-7-9-21(15-18(17)8-10-22-16-27-24-6-3-12-28-31(22)24)30-25(33)32-23(11-13-29-32)19-4-2-5-20(26)14-19;3-2(4,5)1(6)7/h2-7,9,12-16,23H,11H2,1H3,(H,30,33);(H,6,7)/t23-;/m1./s1. The number of carboxylic acid groups (broad SMARTS) is 1. The Morgan fingerprint density at radius 2 is 1.88 bits per heavy atom. The fraction of sp³-hybridized carbons (Fsp3) is 0.148. The lowest BCUT2D eigenvalue weighted by Gasteiger charge is -2.22. The van der Waals surface area contributed by atoms with Crippen molar-refractivity contribution >= 4 is 29.5 Å². The number of hydrogen-bond acceptors (Lipinski definition) is 5. The van der Waals surface area contributed by atoms with Gasteiger partial charge in [-0.05, 0) is 60.4 Å². The van der Waals surface area contributed by atoms with Crippen molar-refractivity contribution in [3.63, 3.8) is 0 Å². The summed E-state index contributed by atoms with van der Waals surface area (Å²) in [7, 11) is 0. The maximum atomic E-state index is 13.7. The molecule has 2 amide bonds. The smallest absolute Gasteiger partial charge is 0.475 e. The molecular formula is C27H20F4N6O3. The Hall–Kier alpha value is -5.25. The molecule has 204 valence electrons. The van der Waals surface area contributed by atoms with Gasteiger partial charge in [0.05, 0.1) is 12.2 Å². The first-order valence-electron chi connectivity index (χ1n) is 11.6. The Labute approximate surface area is 224 Å². The van der Waals surface area contributed by atoms with Crippen LogP contribution in [0.15, 0.2) is 72.1 Å². The molecule has 5 rings (SSSR count). The molecule has 1 aliphatic heterocycles. The second-order valence-electron chi connectivity index (χ2n) is 8.40. The number of nitrogens with zero attached hydrogens (tertiary/aromatic N) is 5. The third-order valence-electron chi connectivity index (χ3n) is 5.61. The minimum atomic E-state index is -5.08. The van der Waals surface area contributed by atoms with Gasteiger partial charge in [0.25, 0.3) is 0 Å². The Morgan fingerprint density at radius 3 is 2.60 bits per heavy atom. The van der Waals surface area contributed by atoms with Crippen LogP contribution in [0.5, 0.6) is 0 Å². The first-order chi connectivity index (χ1) is 19.0. The normalized spacial score (nSPS) is 14.2. The molecule has 0 aliphatic carbocycles. The second kappa shape index (κ2) is 11.6. The molecule has 1 atom stereocenters. The van der Waals surface area contributed by atoms with Crippen molar-refractivity contribution in [1.82, 2.24) is 19.6 Å². The van der Waals surface area contributed by atoms with Crippen LogP contribution in [0.3, 0.4) is 0 Å². The summed E-state index contributed by atoms with van der Waals surface area (Å²) in [5.41, 5.74) is 4.41. The maximum Gasteiger partial charge on any atom is 0.490 e. The van der Waals surface area contributed by atoms with E-state index in [1.807, 2.05) is 37.3 Å². The lowest BCUT2D eigenvalue weighted by Crippen LogP contribution is -2.31. The van der Waals surface area contributed by atoms with Crippen molar-refractivity contribution in [2.24, 2.45) is 5.10 Å². The van der Waals surface area contributed by atoms with Crippen molar-refractivity contribution in [1.29, 1.82) is 0 Å². The van der Waals surface area contributed by atoms with E-state index >= 15 is 0 Å². The predicted molar refractivity (Wildman–Crippen MR) is 137 cm³/mol. The number of carbonyl (C=O) groups excluding carboxylic acids is 1. The van der Waals surface area contributed by atoms with Crippen LogP contribution in [0.25, 0.3) is 5.65 Å². The number of anilines is 1. The number of carbonyl (C=O) groups is 2. The number of halogens is 4. The number of benzene rings is 2. The number of hydrogen-bond donors (Lipinski definition) is 2. The molecule has 0 saturated heterocycles. The number of imidazole rings is 1. The molecule has 4 aromatic rings. The number of fused-ring (bicyclic) bond motifs is 1. The van der Waals surface area contributed by atoms with E-state index in [-0.39, 0.29) is 11.9 Å². The molecule has 0 spiro atoms. The van der Waals surface area contributed by atoms with E-state index < -0.39 is 18.2 Å². The SMILES string of the molecule is Cc1ccc(NC(=O)N2N=CC[C@@H]2c2cccc(F)c2)cc1C#Cc1cnc2cccnn12.O=C(O)C(F)(F)F. The lowest BCUT2D eigenvalue weighted by atomic mass is 10.0. The van der Waals surface area contributed by atoms with Gasteiger partial charge in [-0.3, -0.25) is 0 Å². The fourth-order valence-corrected chi connectivity index (χ4v) is 3.66. The van der Waals surface area contributed by atoms with Gasteiger partial charge in [0, 0.05) is 30.1 Å². The van der Waals surface area contributed by atoms with Gasteiger partial charge in [0.15, 0.2) is 5.65 Å². The summed E-state index contributed by atoms with van der Waals surface area (Å²) in [6.07, 6.45) is 0.452. The van der Waals surface area contributed by atoms with E-state index in [0.717, 1.165) is 16.8 Å². The number of aliphatic carboxylic acids is 1. The molecule has 2 aromatic heterocycles. The highest BCUT2D eigenvalue weighted by molar-refractivity contribution is 5.91. The summed E-state index contributed by atoms with van der Waals surface area (Å²) in [6, 6.07) is 14.7. The van der Waals surface area contributed by atoms with Crippen molar-refractivity contribution < 1.29 is 32.3 Å². The van der Waals surface area contributed by atoms with Crippen LogP contribution in [-0.4, -0.2) is 49.1 Å². The first kappa shape index (κ1) is 27.8. The minimum Gasteiger partial charge on any atom is -0.475 e. The quantitative estimate of drug-likeness (QED) is 0.263. The maximum absolute atomic E-state index is 13.7. The average molecular weight is 552 g/mol. The van der Waals surface area contributed by atoms with Crippen LogP contribution in [0.4, 0.5) is 28.0 Å². The number of alkyl halides is 3. The molecule has 0 unspecified atom stereocenters. The molecule has 9 nitrogen and oxygen atoms in total. The number of aromatic nitrogens is 3. The summed E-state index contributed by atoms with van der Waals surface area (Å²) in [5, 5.41) is 19.8. The van der Waals surface area contributed by atoms with Gasteiger partial charge in [-0.15, -0.1) is 0 Å². The molecule has 2 aromatic carbocycles. The summed E-state index contributed by atoms with van der Waals surface area (Å²) >= 11 is 0. The van der Waals surface area contributed by atoms with Crippen LogP contribution < -0.4 is 5.32 Å². The highest BCUT2D eigenvalue weighted by atomic mass is 19.4. The monoisotopic (exact) mass is 552 g/mol. The first-order valence-corrected chi connectivity index (χ1v) is 11.6. The van der Waals surface area contributed by atoms with E-state index in [4.69, 9.17) is 9.90 Å². The van der Waals surface area contributed by atoms with Crippen molar-refractivity contribution in [3.8, 4) is 11.8 Å². The molecular weight excluding hydrogens is 532 g/mol. The molecule has 40 heavy (non-hydrogen) atoms. The topological polar surface area (TPSA) is 112 Å². The van der Waals surface area contributed by atoms with Crippen molar-refractivity contribution in [3.05, 3.63) is 95.2 Å². The van der Waals surface area contributed by atoms with Crippen LogP contribution in [0.2, 0.25) is 0 Å². The van der Waals surface area contributed by atoms with Crippen molar-refractivity contribution in [2.45, 2.75) is 25.6 Å². The van der Waals surface area contributed by atoms with E-state index in [2.05, 4.69) is 32.3 Å². The Bertz CT molecular complexity index is 1660. The largest absolute Gasteiger partial charge is 0.490 e. The van der Waals surface area contributed by atoms with E-state index in [9.17, 15) is 22.4 Å². The average Bonchev–Trinajstić information content (AvgIpc) is 3.56. The zero-order valence-corrected chi connectivity index (χ0v) is 20.7. The third-order valence-corrected chi connectivity index (χ3v) is 5.61. The molecule has 0 fully saturated rings. The third kappa shape index (κ3) is 6.60. The molecule has 1 aliphatic rings. The van der Waals surface area contributed by atoms with Gasteiger partial charge in [-0.25, -0.2) is 28.5 Å². The summed E-state index contributed by atoms with van der Waals surface area (Å²) in [6.45, 7) is 1.95. The Morgan fingerprint density at radius 1 is 1.10 bits per heavy atom. The van der Waals surface area contributed by atoms with Gasteiger partial charge in [0.1, 0.15) is 11.5 Å². The molecule has 0 bridgehead atoms. The van der Waals surface area contributed by atoms with Crippen LogP contribution in [-0.2, 0) is 4.79 Å². The number of urea groups is 1. The Balaban J connectivity index is 0.000000470. The number of nitrogens with one attached hydrogen (secondary N) is 1. The van der Waals surface area contributed by atoms with Gasteiger partial charge in [-0.1, -0.05) is 24.1 Å². The van der Waals surface area contributed by atoms with Gasteiger partial charge >= 0.3 is 18.2 Å². The minimum absolute atomic E-state index is 0.345. The summed E-state index contributed by atoms with van der Waals surface area (Å²) < 4.78 is 47.1. The Kier molecular flexibility index (Phi) is 8.09. The molecule has 3 heterocycles. The second-order valence-corrected chi connectivity index (χ2v) is 8.40. The number of rotatable bonds is 2. The zero-order chi connectivity index (χ0) is 28.9. The van der Waals surface area contributed by atoms with E-state index in [1.165, 1.54) is 17.1 Å². The highest BCUT2D eigenvalue weighted by Crippen LogP contribution is 2.29. The molecule has 0 saturated carbocycles. The van der Waals surface area contributed by atoms with E-state index in [1.54, 1.807) is 35.3 Å². The van der Waals surface area contributed by atoms with Crippen LogP contribution in [0, 0.1) is 24.6 Å². The van der Waals surface area contributed by atoms with Gasteiger partial charge < -0.3 is 10.4 Å². The molecule has 13 heteroatoms. The molecule has 0 radical (unpaired) electrons. The number of amides is 2. The number of carboxylic acids is 1. The fourth-order valence-electron chi connectivity index (χ4n) is 3.66. The number of aryl methyl sites for hydroxylation is 1. The number of hydrazone groups is 1. The van der Waals surface area contributed by atoms with E-state index in [0.29, 0.717) is 23.4 Å². The lowest BCUT2D eigenvalue weighted by molar-refractivity contribution is -0.192. The van der Waals surface area contributed by atoms with Gasteiger partial charge in [-0.2, -0.15) is 23.4 Å². The summed E-state index contributed by atoms with van der Waals surface area (Å²) in [4.78, 5) is 26.1. The van der Waals surface area contributed by atoms with Crippen LogP contribution >= 0.6 is 0 Å². The van der Waals surface area contributed by atoms with Gasteiger partial charge in [0.2, 0.25) is 0 Å². The molecule has 2 N–H and O–H groups in total. The zero-order valence-electron chi connectivity index (χ0n) is 20.7. The van der Waals surface area contributed by atoms with Crippen molar-refractivity contribution in [2.75, 3.05) is 5.32 Å². The summed E-state index contributed by atoms with van der Waals surface area (Å²) in [5.74, 6) is 3.14.